The predicted molar refractivity (Wildman–Crippen MR) is 80.6 cm³/mol. The van der Waals surface area contributed by atoms with Gasteiger partial charge in [0, 0.05) is 35.2 Å². The van der Waals surface area contributed by atoms with Crippen LogP contribution in [-0.4, -0.2) is 19.5 Å². The lowest BCUT2D eigenvalue weighted by molar-refractivity contribution is 0.680. The zero-order chi connectivity index (χ0) is 13.2. The van der Waals surface area contributed by atoms with Crippen LogP contribution in [0.3, 0.4) is 0 Å². The first-order valence-electron chi connectivity index (χ1n) is 5.73. The fourth-order valence-corrected chi connectivity index (χ4v) is 3.09. The van der Waals surface area contributed by atoms with Crippen LogP contribution in [0.25, 0.3) is 11.2 Å². The SMILES string of the molecule is ClCc1nc2cc(Br)cnc2n1CCc1nccs1. The van der Waals surface area contributed by atoms with E-state index in [1.54, 1.807) is 17.5 Å². The molecule has 0 amide bonds. The van der Waals surface area contributed by atoms with Crippen molar-refractivity contribution >= 4 is 50.0 Å². The summed E-state index contributed by atoms with van der Waals surface area (Å²) >= 11 is 11.0. The molecular formula is C12H10BrClN4S. The smallest absolute Gasteiger partial charge is 0.160 e. The lowest BCUT2D eigenvalue weighted by Gasteiger charge is -2.05. The molecule has 0 saturated carbocycles. The Balaban J connectivity index is 1.96. The first-order valence-corrected chi connectivity index (χ1v) is 7.93. The van der Waals surface area contributed by atoms with E-state index in [0.29, 0.717) is 5.88 Å². The van der Waals surface area contributed by atoms with Crippen LogP contribution in [0.4, 0.5) is 0 Å². The number of pyridine rings is 1. The van der Waals surface area contributed by atoms with Crippen LogP contribution < -0.4 is 0 Å². The van der Waals surface area contributed by atoms with Crippen molar-refractivity contribution in [3.63, 3.8) is 0 Å². The van der Waals surface area contributed by atoms with Gasteiger partial charge in [0.15, 0.2) is 5.65 Å². The molecular weight excluding hydrogens is 348 g/mol. The third-order valence-electron chi connectivity index (χ3n) is 2.78. The summed E-state index contributed by atoms with van der Waals surface area (Å²) in [6, 6.07) is 1.96. The standard InChI is InChI=1S/C12H10BrClN4S/c13-8-5-9-12(16-7-8)18(10(6-14)17-9)3-1-11-15-2-4-19-11/h2,4-5,7H,1,3,6H2. The van der Waals surface area contributed by atoms with Gasteiger partial charge in [-0.2, -0.15) is 0 Å². The number of imidazole rings is 1. The van der Waals surface area contributed by atoms with Gasteiger partial charge in [-0.3, -0.25) is 0 Å². The zero-order valence-electron chi connectivity index (χ0n) is 9.88. The van der Waals surface area contributed by atoms with Gasteiger partial charge in [-0.15, -0.1) is 22.9 Å². The van der Waals surface area contributed by atoms with Crippen LogP contribution in [0.5, 0.6) is 0 Å². The van der Waals surface area contributed by atoms with Gasteiger partial charge in [-0.1, -0.05) is 0 Å². The fourth-order valence-electron chi connectivity index (χ4n) is 1.95. The Kier molecular flexibility index (Phi) is 3.81. The molecule has 0 fully saturated rings. The summed E-state index contributed by atoms with van der Waals surface area (Å²) in [7, 11) is 0. The minimum Gasteiger partial charge on any atom is -0.311 e. The Hall–Kier alpha value is -0.980. The second-order valence-electron chi connectivity index (χ2n) is 3.99. The van der Waals surface area contributed by atoms with E-state index < -0.39 is 0 Å². The maximum atomic E-state index is 5.97. The fraction of sp³-hybridized carbons (Fsp3) is 0.250. The van der Waals surface area contributed by atoms with Gasteiger partial charge in [0.1, 0.15) is 11.3 Å². The average molecular weight is 358 g/mol. The van der Waals surface area contributed by atoms with Gasteiger partial charge in [-0.05, 0) is 22.0 Å². The van der Waals surface area contributed by atoms with E-state index in [-0.39, 0.29) is 0 Å². The third-order valence-corrected chi connectivity index (χ3v) is 4.30. The van der Waals surface area contributed by atoms with Crippen LogP contribution in [-0.2, 0) is 18.8 Å². The molecule has 3 aromatic rings. The van der Waals surface area contributed by atoms with Crippen molar-refractivity contribution in [2.24, 2.45) is 0 Å². The number of rotatable bonds is 4. The van der Waals surface area contributed by atoms with E-state index in [1.807, 2.05) is 17.6 Å². The maximum Gasteiger partial charge on any atom is 0.160 e. The quantitative estimate of drug-likeness (QED) is 0.670. The molecule has 0 bridgehead atoms. The topological polar surface area (TPSA) is 43.6 Å². The average Bonchev–Trinajstić information content (AvgIpc) is 3.02. The van der Waals surface area contributed by atoms with Gasteiger partial charge in [0.2, 0.25) is 0 Å². The molecule has 0 aromatic carbocycles. The summed E-state index contributed by atoms with van der Waals surface area (Å²) in [4.78, 5) is 13.2. The molecule has 0 unspecified atom stereocenters. The molecule has 4 nitrogen and oxygen atoms in total. The number of halogens is 2. The number of nitrogens with zero attached hydrogens (tertiary/aromatic N) is 4. The lowest BCUT2D eigenvalue weighted by atomic mass is 10.4. The van der Waals surface area contributed by atoms with Crippen LogP contribution in [0.2, 0.25) is 0 Å². The van der Waals surface area contributed by atoms with E-state index in [1.165, 1.54) is 0 Å². The highest BCUT2D eigenvalue weighted by Crippen LogP contribution is 2.20. The first-order chi connectivity index (χ1) is 9.28. The Morgan fingerprint density at radius 3 is 3.00 bits per heavy atom. The minimum atomic E-state index is 0.381. The second-order valence-corrected chi connectivity index (χ2v) is 6.15. The minimum absolute atomic E-state index is 0.381. The highest BCUT2D eigenvalue weighted by Gasteiger charge is 2.11. The molecule has 0 radical (unpaired) electrons. The summed E-state index contributed by atoms with van der Waals surface area (Å²) in [5, 5.41) is 3.10. The first kappa shape index (κ1) is 13.0. The van der Waals surface area contributed by atoms with Gasteiger partial charge in [0.25, 0.3) is 0 Å². The molecule has 0 atom stereocenters. The Morgan fingerprint density at radius 2 is 2.26 bits per heavy atom. The molecule has 0 N–H and O–H groups in total. The monoisotopic (exact) mass is 356 g/mol. The number of hydrogen-bond donors (Lipinski definition) is 0. The normalized spacial score (nSPS) is 11.3. The highest BCUT2D eigenvalue weighted by atomic mass is 79.9. The van der Waals surface area contributed by atoms with Crippen LogP contribution in [0, 0.1) is 0 Å². The van der Waals surface area contributed by atoms with Crippen molar-refractivity contribution in [3.05, 3.63) is 39.1 Å². The largest absolute Gasteiger partial charge is 0.311 e. The van der Waals surface area contributed by atoms with E-state index in [0.717, 1.165) is 39.4 Å². The van der Waals surface area contributed by atoms with Crippen molar-refractivity contribution < 1.29 is 0 Å². The summed E-state index contributed by atoms with van der Waals surface area (Å²) in [5.74, 6) is 1.23. The number of alkyl halides is 1. The van der Waals surface area contributed by atoms with Crippen molar-refractivity contribution in [1.29, 1.82) is 0 Å². The van der Waals surface area contributed by atoms with Crippen molar-refractivity contribution in [2.75, 3.05) is 0 Å². The molecule has 19 heavy (non-hydrogen) atoms. The molecule has 0 spiro atoms. The van der Waals surface area contributed by atoms with Crippen molar-refractivity contribution in [2.45, 2.75) is 18.8 Å². The molecule has 98 valence electrons. The summed E-state index contributed by atoms with van der Waals surface area (Å²) in [5.41, 5.74) is 1.74. The number of aryl methyl sites for hydroxylation is 2. The van der Waals surface area contributed by atoms with E-state index in [9.17, 15) is 0 Å². The summed E-state index contributed by atoms with van der Waals surface area (Å²) in [6.45, 7) is 0.792. The molecule has 3 aromatic heterocycles. The Bertz CT molecular complexity index is 695. The predicted octanol–water partition coefficient (Wildman–Crippen LogP) is 3.63. The van der Waals surface area contributed by atoms with E-state index >= 15 is 0 Å². The molecule has 0 aliphatic rings. The number of hydrogen-bond acceptors (Lipinski definition) is 4. The Morgan fingerprint density at radius 1 is 1.37 bits per heavy atom. The number of thiazole rings is 1. The molecule has 3 heterocycles. The zero-order valence-corrected chi connectivity index (χ0v) is 13.0. The molecule has 0 aliphatic carbocycles. The molecule has 0 aliphatic heterocycles. The Labute approximate surface area is 127 Å². The van der Waals surface area contributed by atoms with Crippen molar-refractivity contribution in [1.82, 2.24) is 19.5 Å². The number of aromatic nitrogens is 4. The highest BCUT2D eigenvalue weighted by molar-refractivity contribution is 9.10. The van der Waals surface area contributed by atoms with Crippen LogP contribution in [0.15, 0.2) is 28.3 Å². The second kappa shape index (κ2) is 5.56. The molecule has 0 saturated heterocycles. The van der Waals surface area contributed by atoms with Crippen LogP contribution >= 0.6 is 38.9 Å². The molecule has 7 heteroatoms. The van der Waals surface area contributed by atoms with Gasteiger partial charge in [0.05, 0.1) is 10.9 Å². The van der Waals surface area contributed by atoms with E-state index in [4.69, 9.17) is 11.6 Å². The van der Waals surface area contributed by atoms with E-state index in [2.05, 4.69) is 35.4 Å². The van der Waals surface area contributed by atoms with Crippen LogP contribution in [0.1, 0.15) is 10.8 Å². The lowest BCUT2D eigenvalue weighted by Crippen LogP contribution is -2.05. The summed E-state index contributed by atoms with van der Waals surface area (Å²) < 4.78 is 2.99. The number of fused-ring (bicyclic) bond motifs is 1. The van der Waals surface area contributed by atoms with Gasteiger partial charge in [-0.25, -0.2) is 15.0 Å². The van der Waals surface area contributed by atoms with Gasteiger partial charge >= 0.3 is 0 Å². The summed E-state index contributed by atoms with van der Waals surface area (Å²) in [6.07, 6.45) is 4.47. The molecule has 3 rings (SSSR count). The maximum absolute atomic E-state index is 5.97. The van der Waals surface area contributed by atoms with Gasteiger partial charge < -0.3 is 4.57 Å². The third kappa shape index (κ3) is 2.66. The van der Waals surface area contributed by atoms with Crippen molar-refractivity contribution in [3.8, 4) is 0 Å².